The van der Waals surface area contributed by atoms with Crippen molar-refractivity contribution in [2.75, 3.05) is 24.7 Å². The minimum atomic E-state index is 0.252. The van der Waals surface area contributed by atoms with Crippen LogP contribution in [-0.2, 0) is 11.3 Å². The van der Waals surface area contributed by atoms with Gasteiger partial charge in [0.1, 0.15) is 17.0 Å². The SMILES string of the molecule is CCn1cnc(-c2cc(N3CCOC[C@H]3C)nc3c(-c4ccn[nH]4)nccc23)c1. The molecular formula is C21H23N7O. The second-order valence-electron chi connectivity index (χ2n) is 7.26. The van der Waals surface area contributed by atoms with Gasteiger partial charge in [0, 0.05) is 42.6 Å². The van der Waals surface area contributed by atoms with Gasteiger partial charge in [-0.25, -0.2) is 9.97 Å². The molecule has 8 heteroatoms. The fraction of sp³-hybridized carbons (Fsp3) is 0.333. The van der Waals surface area contributed by atoms with Crippen LogP contribution in [0.25, 0.3) is 33.5 Å². The van der Waals surface area contributed by atoms with Crippen molar-refractivity contribution < 1.29 is 4.74 Å². The molecule has 4 aromatic heterocycles. The van der Waals surface area contributed by atoms with Gasteiger partial charge in [-0.1, -0.05) is 0 Å². The fourth-order valence-electron chi connectivity index (χ4n) is 3.82. The van der Waals surface area contributed by atoms with Gasteiger partial charge in [0.05, 0.1) is 37.0 Å². The number of rotatable bonds is 4. The van der Waals surface area contributed by atoms with E-state index >= 15 is 0 Å². The largest absolute Gasteiger partial charge is 0.377 e. The van der Waals surface area contributed by atoms with Crippen LogP contribution in [0, 0.1) is 0 Å². The first-order valence-corrected chi connectivity index (χ1v) is 9.90. The van der Waals surface area contributed by atoms with Crippen molar-refractivity contribution in [1.29, 1.82) is 0 Å². The molecule has 1 aliphatic heterocycles. The zero-order chi connectivity index (χ0) is 19.8. The summed E-state index contributed by atoms with van der Waals surface area (Å²) in [5.41, 5.74) is 4.47. The first-order chi connectivity index (χ1) is 14.2. The second kappa shape index (κ2) is 7.29. The highest BCUT2D eigenvalue weighted by atomic mass is 16.5. The molecule has 1 N–H and O–H groups in total. The van der Waals surface area contributed by atoms with Crippen LogP contribution < -0.4 is 4.90 Å². The molecule has 0 aromatic carbocycles. The minimum Gasteiger partial charge on any atom is -0.377 e. The Hall–Kier alpha value is -3.26. The Morgan fingerprint density at radius 1 is 1.24 bits per heavy atom. The molecule has 4 aromatic rings. The van der Waals surface area contributed by atoms with Crippen molar-refractivity contribution in [2.24, 2.45) is 0 Å². The molecule has 5 heterocycles. The van der Waals surface area contributed by atoms with E-state index in [0.717, 1.165) is 52.5 Å². The molecule has 5 rings (SSSR count). The molecule has 0 amide bonds. The number of aryl methyl sites for hydroxylation is 1. The Balaban J connectivity index is 1.76. The molecule has 148 valence electrons. The molecule has 1 aliphatic rings. The first kappa shape index (κ1) is 17.8. The Bertz CT molecular complexity index is 1140. The molecule has 0 aliphatic carbocycles. The normalized spacial score (nSPS) is 17.2. The van der Waals surface area contributed by atoms with Crippen molar-refractivity contribution in [3.05, 3.63) is 43.1 Å². The van der Waals surface area contributed by atoms with Gasteiger partial charge in [-0.05, 0) is 32.0 Å². The van der Waals surface area contributed by atoms with E-state index in [1.54, 1.807) is 6.20 Å². The number of nitrogens with zero attached hydrogens (tertiary/aromatic N) is 6. The molecule has 0 saturated carbocycles. The number of morpholine rings is 1. The minimum absolute atomic E-state index is 0.252. The number of pyridine rings is 2. The summed E-state index contributed by atoms with van der Waals surface area (Å²) >= 11 is 0. The van der Waals surface area contributed by atoms with E-state index in [4.69, 9.17) is 9.72 Å². The van der Waals surface area contributed by atoms with Crippen LogP contribution in [0.1, 0.15) is 13.8 Å². The second-order valence-corrected chi connectivity index (χ2v) is 7.26. The van der Waals surface area contributed by atoms with Crippen LogP contribution in [0.15, 0.2) is 43.1 Å². The Labute approximate surface area is 168 Å². The highest BCUT2D eigenvalue weighted by Crippen LogP contribution is 2.34. The highest BCUT2D eigenvalue weighted by molar-refractivity contribution is 6.00. The smallest absolute Gasteiger partial charge is 0.130 e. The number of H-pyrrole nitrogens is 1. The maximum Gasteiger partial charge on any atom is 0.130 e. The van der Waals surface area contributed by atoms with Gasteiger partial charge in [0.25, 0.3) is 0 Å². The monoisotopic (exact) mass is 389 g/mol. The first-order valence-electron chi connectivity index (χ1n) is 9.90. The number of aromatic nitrogens is 6. The van der Waals surface area contributed by atoms with Gasteiger partial charge >= 0.3 is 0 Å². The topological polar surface area (TPSA) is 84.8 Å². The number of hydrogen-bond donors (Lipinski definition) is 1. The maximum atomic E-state index is 5.63. The van der Waals surface area contributed by atoms with Gasteiger partial charge in [-0.3, -0.25) is 10.1 Å². The van der Waals surface area contributed by atoms with Crippen LogP contribution in [0.4, 0.5) is 5.82 Å². The molecule has 0 spiro atoms. The number of imidazole rings is 1. The number of anilines is 1. The molecule has 1 atom stereocenters. The summed E-state index contributed by atoms with van der Waals surface area (Å²) in [6.45, 7) is 7.35. The van der Waals surface area contributed by atoms with Crippen LogP contribution in [0.2, 0.25) is 0 Å². The molecule has 0 radical (unpaired) electrons. The predicted molar refractivity (Wildman–Crippen MR) is 112 cm³/mol. The third-order valence-corrected chi connectivity index (χ3v) is 5.41. The average molecular weight is 389 g/mol. The summed E-state index contributed by atoms with van der Waals surface area (Å²) in [7, 11) is 0. The lowest BCUT2D eigenvalue weighted by atomic mass is 10.0. The van der Waals surface area contributed by atoms with Gasteiger partial charge in [0.2, 0.25) is 0 Å². The summed E-state index contributed by atoms with van der Waals surface area (Å²) < 4.78 is 7.70. The van der Waals surface area contributed by atoms with Crippen molar-refractivity contribution in [1.82, 2.24) is 29.7 Å². The van der Waals surface area contributed by atoms with E-state index in [1.807, 2.05) is 24.7 Å². The lowest BCUT2D eigenvalue weighted by molar-refractivity contribution is 0.0986. The summed E-state index contributed by atoms with van der Waals surface area (Å²) in [6, 6.07) is 6.32. The third-order valence-electron chi connectivity index (χ3n) is 5.41. The zero-order valence-electron chi connectivity index (χ0n) is 16.5. The summed E-state index contributed by atoms with van der Waals surface area (Å²) in [6.07, 6.45) is 7.50. The third kappa shape index (κ3) is 3.15. The lowest BCUT2D eigenvalue weighted by Gasteiger charge is -2.34. The van der Waals surface area contributed by atoms with Gasteiger partial charge in [0.15, 0.2) is 0 Å². The molecule has 29 heavy (non-hydrogen) atoms. The van der Waals surface area contributed by atoms with E-state index in [0.29, 0.717) is 13.2 Å². The number of ether oxygens (including phenoxy) is 1. The summed E-state index contributed by atoms with van der Waals surface area (Å²) in [5, 5.41) is 8.13. The molecular weight excluding hydrogens is 366 g/mol. The van der Waals surface area contributed by atoms with Crippen molar-refractivity contribution in [2.45, 2.75) is 26.4 Å². The van der Waals surface area contributed by atoms with Gasteiger partial charge < -0.3 is 14.2 Å². The quantitative estimate of drug-likeness (QED) is 0.577. The number of aromatic amines is 1. The van der Waals surface area contributed by atoms with E-state index in [2.05, 4.69) is 55.7 Å². The maximum absolute atomic E-state index is 5.63. The Morgan fingerprint density at radius 3 is 2.93 bits per heavy atom. The Kier molecular flexibility index (Phi) is 4.48. The van der Waals surface area contributed by atoms with Crippen molar-refractivity contribution >= 4 is 16.7 Å². The van der Waals surface area contributed by atoms with E-state index in [1.165, 1.54) is 0 Å². The van der Waals surface area contributed by atoms with Gasteiger partial charge in [-0.2, -0.15) is 5.10 Å². The van der Waals surface area contributed by atoms with E-state index in [9.17, 15) is 0 Å². The van der Waals surface area contributed by atoms with Gasteiger partial charge in [-0.15, -0.1) is 0 Å². The number of hydrogen-bond acceptors (Lipinski definition) is 6. The zero-order valence-corrected chi connectivity index (χ0v) is 16.5. The highest BCUT2D eigenvalue weighted by Gasteiger charge is 2.23. The van der Waals surface area contributed by atoms with Crippen LogP contribution in [0.5, 0.6) is 0 Å². The number of fused-ring (bicyclic) bond motifs is 1. The fourth-order valence-corrected chi connectivity index (χ4v) is 3.82. The molecule has 0 unspecified atom stereocenters. The standard InChI is InChI=1S/C21H23N7O/c1-3-27-11-18(23-13-27)16-10-19(28-8-9-29-12-14(28)2)25-20-15(16)4-6-22-21(20)17-5-7-24-26-17/h4-7,10-11,13-14H,3,8-9,12H2,1-2H3,(H,24,26)/t14-/m1/s1. The van der Waals surface area contributed by atoms with Crippen LogP contribution in [-0.4, -0.2) is 55.5 Å². The van der Waals surface area contributed by atoms with Crippen molar-refractivity contribution in [3.8, 4) is 22.6 Å². The molecule has 1 fully saturated rings. The lowest BCUT2D eigenvalue weighted by Crippen LogP contribution is -2.44. The molecule has 8 nitrogen and oxygen atoms in total. The predicted octanol–water partition coefficient (Wildman–Crippen LogP) is 3.13. The van der Waals surface area contributed by atoms with Crippen LogP contribution in [0.3, 0.4) is 0 Å². The Morgan fingerprint density at radius 2 is 2.17 bits per heavy atom. The summed E-state index contributed by atoms with van der Waals surface area (Å²) in [5.74, 6) is 0.920. The van der Waals surface area contributed by atoms with E-state index < -0.39 is 0 Å². The summed E-state index contributed by atoms with van der Waals surface area (Å²) in [4.78, 5) is 16.6. The molecule has 1 saturated heterocycles. The molecule has 0 bridgehead atoms. The van der Waals surface area contributed by atoms with E-state index in [-0.39, 0.29) is 6.04 Å². The average Bonchev–Trinajstić information content (AvgIpc) is 3.45. The van der Waals surface area contributed by atoms with Crippen molar-refractivity contribution in [3.63, 3.8) is 0 Å². The van der Waals surface area contributed by atoms with Crippen LogP contribution >= 0.6 is 0 Å². The number of nitrogens with one attached hydrogen (secondary N) is 1.